The highest BCUT2D eigenvalue weighted by Crippen LogP contribution is 2.16. The Morgan fingerprint density at radius 3 is 2.62 bits per heavy atom. The van der Waals surface area contributed by atoms with Crippen LogP contribution in [0.25, 0.3) is 0 Å². The van der Waals surface area contributed by atoms with E-state index >= 15 is 0 Å². The fourth-order valence-corrected chi connectivity index (χ4v) is 2.11. The summed E-state index contributed by atoms with van der Waals surface area (Å²) in [5.74, 6) is 0. The molecular formula is C11H24ClN. The SMILES string of the molecule is CCCCC[C@H]1CCC[C@H](C)N1.Cl. The summed E-state index contributed by atoms with van der Waals surface area (Å²) in [5.41, 5.74) is 0. The summed E-state index contributed by atoms with van der Waals surface area (Å²) in [6.45, 7) is 4.59. The van der Waals surface area contributed by atoms with Crippen molar-refractivity contribution in [3.8, 4) is 0 Å². The first kappa shape index (κ1) is 13.2. The maximum absolute atomic E-state index is 3.68. The van der Waals surface area contributed by atoms with Gasteiger partial charge >= 0.3 is 0 Å². The van der Waals surface area contributed by atoms with Gasteiger partial charge in [0.15, 0.2) is 0 Å². The van der Waals surface area contributed by atoms with Gasteiger partial charge < -0.3 is 5.32 Å². The van der Waals surface area contributed by atoms with E-state index in [2.05, 4.69) is 19.2 Å². The summed E-state index contributed by atoms with van der Waals surface area (Å²) in [6.07, 6.45) is 9.80. The van der Waals surface area contributed by atoms with Crippen LogP contribution in [0.5, 0.6) is 0 Å². The number of hydrogen-bond donors (Lipinski definition) is 1. The molecule has 1 aliphatic rings. The first-order valence-electron chi connectivity index (χ1n) is 5.59. The third-order valence-corrected chi connectivity index (χ3v) is 2.87. The topological polar surface area (TPSA) is 12.0 Å². The second kappa shape index (κ2) is 7.64. The zero-order valence-electron chi connectivity index (χ0n) is 9.01. The van der Waals surface area contributed by atoms with Crippen molar-refractivity contribution in [2.45, 2.75) is 70.9 Å². The van der Waals surface area contributed by atoms with Gasteiger partial charge in [0.1, 0.15) is 0 Å². The standard InChI is InChI=1S/C11H23N.ClH/c1-3-4-5-8-11-9-6-7-10(2)12-11;/h10-12H,3-9H2,1-2H3;1H/t10-,11-;/m0./s1. The number of piperidine rings is 1. The fourth-order valence-electron chi connectivity index (χ4n) is 2.11. The molecule has 0 bridgehead atoms. The third-order valence-electron chi connectivity index (χ3n) is 2.87. The van der Waals surface area contributed by atoms with Crippen molar-refractivity contribution in [2.24, 2.45) is 0 Å². The van der Waals surface area contributed by atoms with E-state index in [1.165, 1.54) is 44.9 Å². The van der Waals surface area contributed by atoms with E-state index in [0.29, 0.717) is 0 Å². The van der Waals surface area contributed by atoms with Gasteiger partial charge in [-0.05, 0) is 26.2 Å². The molecule has 2 atom stereocenters. The Morgan fingerprint density at radius 1 is 1.23 bits per heavy atom. The van der Waals surface area contributed by atoms with Crippen LogP contribution in [0.4, 0.5) is 0 Å². The van der Waals surface area contributed by atoms with Crippen molar-refractivity contribution in [1.82, 2.24) is 5.32 Å². The summed E-state index contributed by atoms with van der Waals surface area (Å²) in [7, 11) is 0. The van der Waals surface area contributed by atoms with Crippen LogP contribution in [0.1, 0.15) is 58.8 Å². The number of rotatable bonds is 4. The first-order chi connectivity index (χ1) is 5.83. The molecule has 1 N–H and O–H groups in total. The lowest BCUT2D eigenvalue weighted by atomic mass is 9.96. The minimum absolute atomic E-state index is 0. The van der Waals surface area contributed by atoms with Gasteiger partial charge in [-0.1, -0.05) is 32.6 Å². The average molecular weight is 206 g/mol. The van der Waals surface area contributed by atoms with E-state index < -0.39 is 0 Å². The highest BCUT2D eigenvalue weighted by molar-refractivity contribution is 5.85. The molecule has 1 rings (SSSR count). The Morgan fingerprint density at radius 2 is 2.00 bits per heavy atom. The van der Waals surface area contributed by atoms with Crippen LogP contribution in [0.2, 0.25) is 0 Å². The maximum atomic E-state index is 3.68. The van der Waals surface area contributed by atoms with Gasteiger partial charge in [0, 0.05) is 12.1 Å². The predicted molar refractivity (Wildman–Crippen MR) is 61.6 cm³/mol. The molecule has 0 amide bonds. The van der Waals surface area contributed by atoms with Crippen molar-refractivity contribution in [3.63, 3.8) is 0 Å². The fraction of sp³-hybridized carbons (Fsp3) is 1.00. The molecule has 0 aromatic rings. The van der Waals surface area contributed by atoms with Crippen LogP contribution < -0.4 is 5.32 Å². The molecule has 1 aliphatic heterocycles. The van der Waals surface area contributed by atoms with Gasteiger partial charge in [0.05, 0.1) is 0 Å². The third kappa shape index (κ3) is 5.53. The van der Waals surface area contributed by atoms with E-state index in [-0.39, 0.29) is 12.4 Å². The molecule has 0 saturated carbocycles. The molecule has 1 fully saturated rings. The predicted octanol–water partition coefficient (Wildman–Crippen LogP) is 3.52. The number of unbranched alkanes of at least 4 members (excludes halogenated alkanes) is 2. The van der Waals surface area contributed by atoms with Crippen molar-refractivity contribution in [1.29, 1.82) is 0 Å². The van der Waals surface area contributed by atoms with Crippen molar-refractivity contribution in [3.05, 3.63) is 0 Å². The summed E-state index contributed by atoms with van der Waals surface area (Å²) >= 11 is 0. The van der Waals surface area contributed by atoms with Crippen LogP contribution in [0.3, 0.4) is 0 Å². The zero-order chi connectivity index (χ0) is 8.81. The van der Waals surface area contributed by atoms with Crippen molar-refractivity contribution in [2.75, 3.05) is 0 Å². The van der Waals surface area contributed by atoms with Crippen LogP contribution in [-0.2, 0) is 0 Å². The molecule has 1 heterocycles. The summed E-state index contributed by atoms with van der Waals surface area (Å²) < 4.78 is 0. The van der Waals surface area contributed by atoms with Crippen molar-refractivity contribution < 1.29 is 0 Å². The van der Waals surface area contributed by atoms with Gasteiger partial charge in [-0.15, -0.1) is 12.4 Å². The zero-order valence-corrected chi connectivity index (χ0v) is 9.83. The second-order valence-corrected chi connectivity index (χ2v) is 4.19. The Kier molecular flexibility index (Phi) is 7.78. The molecule has 0 aliphatic carbocycles. The Hall–Kier alpha value is 0.250. The highest BCUT2D eigenvalue weighted by Gasteiger charge is 2.16. The van der Waals surface area contributed by atoms with Gasteiger partial charge in [0.2, 0.25) is 0 Å². The first-order valence-corrected chi connectivity index (χ1v) is 5.59. The highest BCUT2D eigenvalue weighted by atomic mass is 35.5. The van der Waals surface area contributed by atoms with Crippen molar-refractivity contribution >= 4 is 12.4 Å². The van der Waals surface area contributed by atoms with Gasteiger partial charge in [0.25, 0.3) is 0 Å². The summed E-state index contributed by atoms with van der Waals surface area (Å²) in [6, 6.07) is 1.60. The molecule has 0 radical (unpaired) electrons. The molecule has 1 nitrogen and oxygen atoms in total. The Bertz CT molecular complexity index is 117. The lowest BCUT2D eigenvalue weighted by Gasteiger charge is -2.28. The lowest BCUT2D eigenvalue weighted by Crippen LogP contribution is -2.40. The minimum atomic E-state index is 0. The van der Waals surface area contributed by atoms with Gasteiger partial charge in [-0.2, -0.15) is 0 Å². The monoisotopic (exact) mass is 205 g/mol. The van der Waals surface area contributed by atoms with Gasteiger partial charge in [-0.3, -0.25) is 0 Å². The van der Waals surface area contributed by atoms with Crippen LogP contribution in [0, 0.1) is 0 Å². The lowest BCUT2D eigenvalue weighted by molar-refractivity contribution is 0.315. The molecule has 2 heteroatoms. The average Bonchev–Trinajstić information content (AvgIpc) is 2.05. The Labute approximate surface area is 89.1 Å². The summed E-state index contributed by atoms with van der Waals surface area (Å²) in [5, 5.41) is 3.68. The van der Waals surface area contributed by atoms with Gasteiger partial charge in [-0.25, -0.2) is 0 Å². The van der Waals surface area contributed by atoms with E-state index in [4.69, 9.17) is 0 Å². The molecule has 0 spiro atoms. The van der Waals surface area contributed by atoms with Crippen LogP contribution in [0.15, 0.2) is 0 Å². The van der Waals surface area contributed by atoms with E-state index in [9.17, 15) is 0 Å². The number of nitrogens with one attached hydrogen (secondary N) is 1. The Balaban J connectivity index is 0.00000144. The van der Waals surface area contributed by atoms with E-state index in [1.807, 2.05) is 0 Å². The molecule has 0 unspecified atom stereocenters. The van der Waals surface area contributed by atoms with E-state index in [1.54, 1.807) is 0 Å². The number of hydrogen-bond acceptors (Lipinski definition) is 1. The molecule has 0 aromatic carbocycles. The maximum Gasteiger partial charge on any atom is 0.00695 e. The molecule has 80 valence electrons. The molecular weight excluding hydrogens is 182 g/mol. The second-order valence-electron chi connectivity index (χ2n) is 4.19. The minimum Gasteiger partial charge on any atom is -0.312 e. The number of halogens is 1. The van der Waals surface area contributed by atoms with Crippen LogP contribution >= 0.6 is 12.4 Å². The smallest absolute Gasteiger partial charge is 0.00695 e. The summed E-state index contributed by atoms with van der Waals surface area (Å²) in [4.78, 5) is 0. The normalized spacial score (nSPS) is 28.2. The largest absolute Gasteiger partial charge is 0.312 e. The van der Waals surface area contributed by atoms with Crippen LogP contribution in [-0.4, -0.2) is 12.1 Å². The quantitative estimate of drug-likeness (QED) is 0.693. The molecule has 13 heavy (non-hydrogen) atoms. The van der Waals surface area contributed by atoms with E-state index in [0.717, 1.165) is 12.1 Å². The molecule has 0 aromatic heterocycles. The molecule has 1 saturated heterocycles.